The molecular formula is C26H28N4O4. The monoisotopic (exact) mass is 460 g/mol. The molecule has 0 spiro atoms. The van der Waals surface area contributed by atoms with Crippen LogP contribution in [0.1, 0.15) is 22.7 Å². The molecule has 2 N–H and O–H groups in total. The number of hydrogen-bond donors (Lipinski definition) is 2. The molecule has 2 heterocycles. The van der Waals surface area contributed by atoms with E-state index >= 15 is 0 Å². The first-order valence-electron chi connectivity index (χ1n) is 11.1. The van der Waals surface area contributed by atoms with Crippen molar-refractivity contribution in [1.29, 1.82) is 0 Å². The van der Waals surface area contributed by atoms with Crippen LogP contribution in [0.2, 0.25) is 0 Å². The van der Waals surface area contributed by atoms with Gasteiger partial charge in [-0.25, -0.2) is 0 Å². The number of carbonyl (C=O) groups is 2. The Hall–Kier alpha value is -3.91. The van der Waals surface area contributed by atoms with Crippen LogP contribution in [0.25, 0.3) is 0 Å². The van der Waals surface area contributed by atoms with Crippen LogP contribution in [-0.4, -0.2) is 49.0 Å². The number of fused-ring (bicyclic) bond motifs is 1. The lowest BCUT2D eigenvalue weighted by atomic mass is 9.97. The molecule has 1 aliphatic heterocycles. The third kappa shape index (κ3) is 5.35. The minimum atomic E-state index is -0.749. The van der Waals surface area contributed by atoms with Gasteiger partial charge in [-0.3, -0.25) is 19.5 Å². The minimum absolute atomic E-state index is 0.111. The average molecular weight is 461 g/mol. The molecular weight excluding hydrogens is 432 g/mol. The molecule has 0 saturated carbocycles. The summed E-state index contributed by atoms with van der Waals surface area (Å²) in [6.45, 7) is 1.90. The molecule has 8 heteroatoms. The van der Waals surface area contributed by atoms with Crippen LogP contribution in [0.15, 0.2) is 67.0 Å². The number of nitrogens with zero attached hydrogens (tertiary/aromatic N) is 2. The first-order valence-corrected chi connectivity index (χ1v) is 11.1. The Morgan fingerprint density at radius 2 is 1.79 bits per heavy atom. The van der Waals surface area contributed by atoms with E-state index in [0.29, 0.717) is 17.2 Å². The van der Waals surface area contributed by atoms with Crippen molar-refractivity contribution in [3.8, 4) is 11.5 Å². The summed E-state index contributed by atoms with van der Waals surface area (Å²) in [5, 5.41) is 5.41. The van der Waals surface area contributed by atoms with Crippen molar-refractivity contribution in [2.75, 3.05) is 32.6 Å². The van der Waals surface area contributed by atoms with Crippen molar-refractivity contribution in [3.05, 3.63) is 83.7 Å². The first-order chi connectivity index (χ1) is 16.6. The number of carbonyl (C=O) groups excluding carboxylic acids is 2. The number of ether oxygens (including phenoxy) is 2. The number of pyridine rings is 1. The predicted molar refractivity (Wildman–Crippen MR) is 129 cm³/mol. The lowest BCUT2D eigenvalue weighted by Crippen LogP contribution is -2.43. The largest absolute Gasteiger partial charge is 0.493 e. The summed E-state index contributed by atoms with van der Waals surface area (Å²) in [5.74, 6) is -0.461. The zero-order valence-corrected chi connectivity index (χ0v) is 19.3. The Bertz CT molecular complexity index is 1150. The van der Waals surface area contributed by atoms with Gasteiger partial charge in [-0.1, -0.05) is 30.3 Å². The molecule has 0 radical (unpaired) electrons. The predicted octanol–water partition coefficient (Wildman–Crippen LogP) is 2.95. The molecule has 2 amide bonds. The number of nitrogens with one attached hydrogen (secondary N) is 2. The van der Waals surface area contributed by atoms with E-state index in [9.17, 15) is 9.59 Å². The van der Waals surface area contributed by atoms with Gasteiger partial charge in [0.1, 0.15) is 0 Å². The van der Waals surface area contributed by atoms with Gasteiger partial charge in [-0.05, 0) is 41.3 Å². The van der Waals surface area contributed by atoms with Gasteiger partial charge in [0.15, 0.2) is 11.5 Å². The van der Waals surface area contributed by atoms with E-state index < -0.39 is 11.8 Å². The van der Waals surface area contributed by atoms with Crippen molar-refractivity contribution in [2.45, 2.75) is 19.0 Å². The summed E-state index contributed by atoms with van der Waals surface area (Å²) in [6, 6.07) is 17.1. The fourth-order valence-corrected chi connectivity index (χ4v) is 4.19. The van der Waals surface area contributed by atoms with Crippen molar-refractivity contribution in [2.24, 2.45) is 0 Å². The van der Waals surface area contributed by atoms with Crippen LogP contribution < -0.4 is 20.1 Å². The SMILES string of the molecule is COc1ccc(NC(=O)C(=O)NCC(c2cccnc2)N2CCc3ccccc3C2)cc1OC. The molecule has 0 saturated heterocycles. The standard InChI is InChI=1S/C26H28N4O4/c1-33-23-10-9-21(14-24(23)34-2)29-26(32)25(31)28-16-22(19-8-5-12-27-15-19)30-13-11-18-6-3-4-7-20(18)17-30/h3-10,12,14-15,22H,11,13,16-17H2,1-2H3,(H,28,31)(H,29,32). The third-order valence-corrected chi connectivity index (χ3v) is 5.97. The first kappa shape index (κ1) is 23.3. The Kier molecular flexibility index (Phi) is 7.39. The second-order valence-corrected chi connectivity index (χ2v) is 8.03. The number of methoxy groups -OCH3 is 2. The van der Waals surface area contributed by atoms with Gasteiger partial charge in [0.25, 0.3) is 0 Å². The maximum Gasteiger partial charge on any atom is 0.313 e. The summed E-state index contributed by atoms with van der Waals surface area (Å²) in [4.78, 5) is 31.7. The lowest BCUT2D eigenvalue weighted by Gasteiger charge is -2.35. The molecule has 0 fully saturated rings. The van der Waals surface area contributed by atoms with Crippen LogP contribution in [0.5, 0.6) is 11.5 Å². The van der Waals surface area contributed by atoms with E-state index in [4.69, 9.17) is 9.47 Å². The zero-order chi connectivity index (χ0) is 23.9. The number of amides is 2. The van der Waals surface area contributed by atoms with Gasteiger partial charge in [-0.15, -0.1) is 0 Å². The van der Waals surface area contributed by atoms with E-state index in [1.54, 1.807) is 30.6 Å². The van der Waals surface area contributed by atoms with Crippen LogP contribution in [0.4, 0.5) is 5.69 Å². The molecule has 1 unspecified atom stereocenters. The average Bonchev–Trinajstić information content (AvgIpc) is 2.89. The quantitative estimate of drug-likeness (QED) is 0.527. The summed E-state index contributed by atoms with van der Waals surface area (Å²) in [6.07, 6.45) is 4.46. The summed E-state index contributed by atoms with van der Waals surface area (Å²) >= 11 is 0. The zero-order valence-electron chi connectivity index (χ0n) is 19.3. The Balaban J connectivity index is 1.43. The van der Waals surface area contributed by atoms with Gasteiger partial charge in [0, 0.05) is 43.8 Å². The number of benzene rings is 2. The Morgan fingerprint density at radius 3 is 2.53 bits per heavy atom. The van der Waals surface area contributed by atoms with Crippen molar-refractivity contribution >= 4 is 17.5 Å². The second kappa shape index (κ2) is 10.8. The van der Waals surface area contributed by atoms with E-state index in [0.717, 1.165) is 25.1 Å². The molecule has 8 nitrogen and oxygen atoms in total. The van der Waals surface area contributed by atoms with Crippen LogP contribution in [0.3, 0.4) is 0 Å². The number of rotatable bonds is 7. The highest BCUT2D eigenvalue weighted by molar-refractivity contribution is 6.39. The molecule has 0 aliphatic carbocycles. The summed E-state index contributed by atoms with van der Waals surface area (Å²) in [7, 11) is 3.04. The van der Waals surface area contributed by atoms with Crippen molar-refractivity contribution in [3.63, 3.8) is 0 Å². The smallest absolute Gasteiger partial charge is 0.313 e. The van der Waals surface area contributed by atoms with Crippen LogP contribution in [-0.2, 0) is 22.6 Å². The number of hydrogen-bond acceptors (Lipinski definition) is 6. The fourth-order valence-electron chi connectivity index (χ4n) is 4.19. The number of aromatic nitrogens is 1. The molecule has 176 valence electrons. The molecule has 1 atom stereocenters. The molecule has 1 aliphatic rings. The minimum Gasteiger partial charge on any atom is -0.493 e. The molecule has 0 bridgehead atoms. The molecule has 3 aromatic rings. The number of anilines is 1. The van der Waals surface area contributed by atoms with Crippen LogP contribution >= 0.6 is 0 Å². The summed E-state index contributed by atoms with van der Waals surface area (Å²) in [5.41, 5.74) is 4.05. The maximum atomic E-state index is 12.6. The van der Waals surface area contributed by atoms with Gasteiger partial charge in [0.2, 0.25) is 0 Å². The van der Waals surface area contributed by atoms with Gasteiger partial charge in [-0.2, -0.15) is 0 Å². The Labute approximate surface area is 198 Å². The molecule has 1 aromatic heterocycles. The fraction of sp³-hybridized carbons (Fsp3) is 0.269. The van der Waals surface area contributed by atoms with Gasteiger partial charge < -0.3 is 20.1 Å². The van der Waals surface area contributed by atoms with Crippen molar-refractivity contribution in [1.82, 2.24) is 15.2 Å². The van der Waals surface area contributed by atoms with E-state index in [-0.39, 0.29) is 12.6 Å². The highest BCUT2D eigenvalue weighted by Crippen LogP contribution is 2.30. The summed E-state index contributed by atoms with van der Waals surface area (Å²) < 4.78 is 10.5. The highest BCUT2D eigenvalue weighted by atomic mass is 16.5. The third-order valence-electron chi connectivity index (χ3n) is 5.97. The molecule has 4 rings (SSSR count). The van der Waals surface area contributed by atoms with Gasteiger partial charge >= 0.3 is 11.8 Å². The van der Waals surface area contributed by atoms with E-state index in [1.165, 1.54) is 25.3 Å². The topological polar surface area (TPSA) is 92.8 Å². The van der Waals surface area contributed by atoms with E-state index in [2.05, 4.69) is 38.7 Å². The second-order valence-electron chi connectivity index (χ2n) is 8.03. The molecule has 2 aromatic carbocycles. The van der Waals surface area contributed by atoms with Crippen LogP contribution in [0, 0.1) is 0 Å². The molecule has 34 heavy (non-hydrogen) atoms. The normalized spacial score (nSPS) is 13.9. The lowest BCUT2D eigenvalue weighted by molar-refractivity contribution is -0.136. The Morgan fingerprint density at radius 1 is 1.00 bits per heavy atom. The van der Waals surface area contributed by atoms with Gasteiger partial charge in [0.05, 0.1) is 20.3 Å². The maximum absolute atomic E-state index is 12.6. The highest BCUT2D eigenvalue weighted by Gasteiger charge is 2.26. The van der Waals surface area contributed by atoms with Crippen molar-refractivity contribution < 1.29 is 19.1 Å². The van der Waals surface area contributed by atoms with E-state index in [1.807, 2.05) is 18.2 Å².